The van der Waals surface area contributed by atoms with Gasteiger partial charge in [0.2, 0.25) is 5.91 Å². The zero-order chi connectivity index (χ0) is 20.9. The van der Waals surface area contributed by atoms with E-state index in [0.717, 1.165) is 50.0 Å². The first-order valence-corrected chi connectivity index (χ1v) is 11.0. The monoisotopic (exact) mass is 412 g/mol. The Labute approximate surface area is 178 Å². The fourth-order valence-electron chi connectivity index (χ4n) is 4.26. The molecule has 1 fully saturated rings. The molecule has 0 radical (unpaired) electrons. The van der Waals surface area contributed by atoms with E-state index in [0.29, 0.717) is 19.5 Å². The number of benzene rings is 1. The average molecular weight is 413 g/mol. The molecule has 1 aromatic heterocycles. The zero-order valence-corrected chi connectivity index (χ0v) is 18.0. The maximum atomic E-state index is 12.6. The minimum absolute atomic E-state index is 0.0368. The molecule has 1 aromatic carbocycles. The number of rotatable bonds is 8. The number of likely N-dealkylation sites (tertiary alicyclic amines) is 1. The summed E-state index contributed by atoms with van der Waals surface area (Å²) in [6.45, 7) is 6.57. The fraction of sp³-hybridized carbons (Fsp3) is 0.636. The van der Waals surface area contributed by atoms with Gasteiger partial charge in [0.05, 0.1) is 13.1 Å². The predicted octanol–water partition coefficient (Wildman–Crippen LogP) is 2.15. The molecule has 0 spiro atoms. The van der Waals surface area contributed by atoms with E-state index in [1.165, 1.54) is 18.4 Å². The summed E-state index contributed by atoms with van der Waals surface area (Å²) in [5.74, 6) is 2.78. The minimum Gasteiger partial charge on any atom is -0.488 e. The first kappa shape index (κ1) is 20.8. The molecule has 0 unspecified atom stereocenters. The third kappa shape index (κ3) is 5.16. The second-order valence-electron chi connectivity index (χ2n) is 8.71. The van der Waals surface area contributed by atoms with Crippen LogP contribution in [-0.2, 0) is 24.3 Å². The van der Waals surface area contributed by atoms with E-state index in [4.69, 9.17) is 4.74 Å². The van der Waals surface area contributed by atoms with E-state index < -0.39 is 0 Å². The molecule has 0 aliphatic carbocycles. The highest BCUT2D eigenvalue weighted by atomic mass is 16.5. The second kappa shape index (κ2) is 9.55. The Morgan fingerprint density at radius 1 is 1.27 bits per heavy atom. The van der Waals surface area contributed by atoms with Gasteiger partial charge in [-0.1, -0.05) is 25.1 Å². The summed E-state index contributed by atoms with van der Waals surface area (Å²) in [5.41, 5.74) is 1.22. The number of aromatic nitrogens is 4. The van der Waals surface area contributed by atoms with Crippen molar-refractivity contribution in [3.63, 3.8) is 0 Å². The van der Waals surface area contributed by atoms with Gasteiger partial charge >= 0.3 is 0 Å². The van der Waals surface area contributed by atoms with Crippen molar-refractivity contribution in [2.75, 3.05) is 26.7 Å². The van der Waals surface area contributed by atoms with Gasteiger partial charge in [0, 0.05) is 26.4 Å². The topological polar surface area (TPSA) is 76.4 Å². The summed E-state index contributed by atoms with van der Waals surface area (Å²) in [6.07, 6.45) is 4.57. The zero-order valence-electron chi connectivity index (χ0n) is 18.0. The lowest BCUT2D eigenvalue weighted by molar-refractivity contribution is -0.131. The molecular formula is C22H32N6O2. The molecular weight excluding hydrogens is 380 g/mol. The van der Waals surface area contributed by atoms with E-state index in [-0.39, 0.29) is 12.0 Å². The SMILES string of the molecule is CC1CCN(Cc2nnnn2CCCC(=O)N(C)C[C@H]2Cc3ccccc3O2)CC1. The predicted molar refractivity (Wildman–Crippen MR) is 113 cm³/mol. The number of piperidine rings is 1. The fourth-order valence-corrected chi connectivity index (χ4v) is 4.26. The van der Waals surface area contributed by atoms with Crippen LogP contribution in [0.15, 0.2) is 24.3 Å². The van der Waals surface area contributed by atoms with E-state index in [2.05, 4.69) is 33.4 Å². The molecule has 0 N–H and O–H groups in total. The van der Waals surface area contributed by atoms with Gasteiger partial charge in [-0.3, -0.25) is 9.69 Å². The van der Waals surface area contributed by atoms with Crippen LogP contribution in [-0.4, -0.2) is 68.7 Å². The normalized spacial score (nSPS) is 19.5. The third-order valence-electron chi connectivity index (χ3n) is 6.22. The van der Waals surface area contributed by atoms with Gasteiger partial charge in [-0.2, -0.15) is 0 Å². The van der Waals surface area contributed by atoms with Crippen molar-refractivity contribution in [1.29, 1.82) is 0 Å². The summed E-state index contributed by atoms with van der Waals surface area (Å²) < 4.78 is 7.81. The van der Waals surface area contributed by atoms with Crippen LogP contribution >= 0.6 is 0 Å². The molecule has 1 saturated heterocycles. The number of fused-ring (bicyclic) bond motifs is 1. The van der Waals surface area contributed by atoms with Crippen molar-refractivity contribution in [2.45, 2.75) is 58.2 Å². The van der Waals surface area contributed by atoms with Gasteiger partial charge in [-0.15, -0.1) is 5.10 Å². The number of hydrogen-bond donors (Lipinski definition) is 0. The third-order valence-corrected chi connectivity index (χ3v) is 6.22. The number of para-hydroxylation sites is 1. The van der Waals surface area contributed by atoms with Gasteiger partial charge in [0.15, 0.2) is 5.82 Å². The Balaban J connectivity index is 1.19. The van der Waals surface area contributed by atoms with Gasteiger partial charge in [-0.25, -0.2) is 4.68 Å². The van der Waals surface area contributed by atoms with Gasteiger partial charge in [-0.05, 0) is 60.3 Å². The summed E-state index contributed by atoms with van der Waals surface area (Å²) >= 11 is 0. The summed E-state index contributed by atoms with van der Waals surface area (Å²) in [4.78, 5) is 16.8. The molecule has 8 heteroatoms. The van der Waals surface area contributed by atoms with Gasteiger partial charge in [0.1, 0.15) is 11.9 Å². The maximum Gasteiger partial charge on any atom is 0.222 e. The number of amides is 1. The van der Waals surface area contributed by atoms with Crippen molar-refractivity contribution in [2.24, 2.45) is 5.92 Å². The lowest BCUT2D eigenvalue weighted by Gasteiger charge is -2.29. The van der Waals surface area contributed by atoms with Crippen molar-refractivity contribution in [1.82, 2.24) is 30.0 Å². The molecule has 2 aliphatic heterocycles. The largest absolute Gasteiger partial charge is 0.488 e. The molecule has 0 bridgehead atoms. The molecule has 8 nitrogen and oxygen atoms in total. The Morgan fingerprint density at radius 3 is 2.87 bits per heavy atom. The number of aryl methyl sites for hydroxylation is 1. The highest BCUT2D eigenvalue weighted by Crippen LogP contribution is 2.28. The van der Waals surface area contributed by atoms with Crippen molar-refractivity contribution >= 4 is 5.91 Å². The van der Waals surface area contributed by atoms with Gasteiger partial charge < -0.3 is 9.64 Å². The van der Waals surface area contributed by atoms with Crippen LogP contribution in [0.25, 0.3) is 0 Å². The van der Waals surface area contributed by atoms with Crippen molar-refractivity contribution < 1.29 is 9.53 Å². The van der Waals surface area contributed by atoms with E-state index in [9.17, 15) is 4.79 Å². The average Bonchev–Trinajstić information content (AvgIpc) is 3.35. The van der Waals surface area contributed by atoms with E-state index in [1.807, 2.05) is 29.9 Å². The highest BCUT2D eigenvalue weighted by molar-refractivity contribution is 5.75. The molecule has 162 valence electrons. The smallest absolute Gasteiger partial charge is 0.222 e. The van der Waals surface area contributed by atoms with Crippen LogP contribution in [0, 0.1) is 5.92 Å². The quantitative estimate of drug-likeness (QED) is 0.661. The Morgan fingerprint density at radius 2 is 2.07 bits per heavy atom. The summed E-state index contributed by atoms with van der Waals surface area (Å²) in [5, 5.41) is 12.2. The Bertz CT molecular complexity index is 821. The second-order valence-corrected chi connectivity index (χ2v) is 8.71. The lowest BCUT2D eigenvalue weighted by Crippen LogP contribution is -2.36. The number of hydrogen-bond acceptors (Lipinski definition) is 6. The number of carbonyl (C=O) groups excluding carboxylic acids is 1. The Hall–Kier alpha value is -2.48. The van der Waals surface area contributed by atoms with Crippen LogP contribution in [0.5, 0.6) is 5.75 Å². The first-order chi connectivity index (χ1) is 14.6. The Kier molecular flexibility index (Phi) is 6.62. The number of likely N-dealkylation sites (N-methyl/N-ethyl adjacent to an activating group) is 1. The summed E-state index contributed by atoms with van der Waals surface area (Å²) in [6, 6.07) is 8.09. The lowest BCUT2D eigenvalue weighted by atomic mass is 9.99. The van der Waals surface area contributed by atoms with Crippen LogP contribution in [0.3, 0.4) is 0 Å². The highest BCUT2D eigenvalue weighted by Gasteiger charge is 2.25. The number of nitrogens with zero attached hydrogens (tertiary/aromatic N) is 6. The van der Waals surface area contributed by atoms with Crippen molar-refractivity contribution in [3.8, 4) is 5.75 Å². The number of carbonyl (C=O) groups is 1. The molecule has 3 heterocycles. The molecule has 4 rings (SSSR count). The molecule has 1 atom stereocenters. The van der Waals surface area contributed by atoms with Crippen LogP contribution in [0.2, 0.25) is 0 Å². The number of ether oxygens (including phenoxy) is 1. The van der Waals surface area contributed by atoms with Crippen molar-refractivity contribution in [3.05, 3.63) is 35.7 Å². The van der Waals surface area contributed by atoms with Crippen LogP contribution in [0.4, 0.5) is 0 Å². The minimum atomic E-state index is 0.0368. The molecule has 1 amide bonds. The van der Waals surface area contributed by atoms with E-state index in [1.54, 1.807) is 4.90 Å². The van der Waals surface area contributed by atoms with Crippen LogP contribution < -0.4 is 4.74 Å². The van der Waals surface area contributed by atoms with E-state index >= 15 is 0 Å². The number of tetrazole rings is 1. The summed E-state index contributed by atoms with van der Waals surface area (Å²) in [7, 11) is 1.86. The molecule has 30 heavy (non-hydrogen) atoms. The van der Waals surface area contributed by atoms with Crippen LogP contribution in [0.1, 0.15) is 44.0 Å². The maximum absolute atomic E-state index is 12.6. The standard InChI is InChI=1S/C22H32N6O2/c1-17-9-12-27(13-10-17)16-21-23-24-25-28(21)11-5-8-22(29)26(2)15-19-14-18-6-3-4-7-20(18)30-19/h3-4,6-7,17,19H,5,8-16H2,1-2H3/t19-/m1/s1. The first-order valence-electron chi connectivity index (χ1n) is 11.0. The molecule has 2 aromatic rings. The van der Waals surface area contributed by atoms with Gasteiger partial charge in [0.25, 0.3) is 0 Å². The molecule has 2 aliphatic rings. The molecule has 0 saturated carbocycles.